The van der Waals surface area contributed by atoms with Gasteiger partial charge in [0.15, 0.2) is 0 Å². The van der Waals surface area contributed by atoms with Crippen molar-refractivity contribution < 1.29 is 15.0 Å². The van der Waals surface area contributed by atoms with Crippen LogP contribution in [0.1, 0.15) is 11.6 Å². The van der Waals surface area contributed by atoms with Gasteiger partial charge in [0.05, 0.1) is 22.9 Å². The monoisotopic (exact) mass is 283 g/mol. The summed E-state index contributed by atoms with van der Waals surface area (Å²) in [7, 11) is 0. The Morgan fingerprint density at radius 3 is 2.58 bits per heavy atom. The minimum absolute atomic E-state index is 0.260. The molecule has 0 radical (unpaired) electrons. The van der Waals surface area contributed by atoms with Crippen molar-refractivity contribution in [3.8, 4) is 0 Å². The zero-order valence-corrected chi connectivity index (χ0v) is 10.8. The lowest BCUT2D eigenvalue weighted by Gasteiger charge is -2.20. The Balaban J connectivity index is 1.97. The number of β-amino-alcohol motifs (C(OH)–C–C–N with tert-alkyl or cyclic N) is 2. The van der Waals surface area contributed by atoms with Crippen LogP contribution >= 0.6 is 11.6 Å². The van der Waals surface area contributed by atoms with E-state index in [4.69, 9.17) is 17.3 Å². The maximum atomic E-state index is 11.5. The van der Waals surface area contributed by atoms with Gasteiger partial charge in [-0.25, -0.2) is 0 Å². The highest BCUT2D eigenvalue weighted by Crippen LogP contribution is 2.39. The van der Waals surface area contributed by atoms with Crippen LogP contribution in [0.2, 0.25) is 5.02 Å². The molecule has 0 bridgehead atoms. The fourth-order valence-electron chi connectivity index (χ4n) is 2.50. The summed E-state index contributed by atoms with van der Waals surface area (Å²) in [6.45, 7) is 0.610. The number of benzene rings is 1. The second kappa shape index (κ2) is 4.35. The number of rotatable bonds is 1. The van der Waals surface area contributed by atoms with Gasteiger partial charge in [-0.1, -0.05) is 11.6 Å². The van der Waals surface area contributed by atoms with Crippen LogP contribution in [0.25, 0.3) is 0 Å². The van der Waals surface area contributed by atoms with Gasteiger partial charge >= 0.3 is 0 Å². The molecule has 3 rings (SSSR count). The quantitative estimate of drug-likeness (QED) is 0.574. The summed E-state index contributed by atoms with van der Waals surface area (Å²) >= 11 is 6.20. The number of fused-ring (bicyclic) bond motifs is 1. The molecule has 102 valence electrons. The number of carbonyl (C=O) groups excluding carboxylic acids is 1. The Bertz CT molecular complexity index is 541. The first-order valence-electron chi connectivity index (χ1n) is 5.98. The van der Waals surface area contributed by atoms with Crippen molar-refractivity contribution in [3.05, 3.63) is 22.7 Å². The molecule has 5 N–H and O–H groups in total. The van der Waals surface area contributed by atoms with E-state index in [1.807, 2.05) is 0 Å². The Hall–Kier alpha value is -1.34. The number of nitrogens with zero attached hydrogens (tertiary/aromatic N) is 1. The number of aliphatic hydroxyl groups is 2. The van der Waals surface area contributed by atoms with Crippen molar-refractivity contribution in [2.45, 2.75) is 18.2 Å². The Morgan fingerprint density at radius 2 is 1.95 bits per heavy atom. The van der Waals surface area contributed by atoms with E-state index >= 15 is 0 Å². The summed E-state index contributed by atoms with van der Waals surface area (Å²) in [4.78, 5) is 13.3. The van der Waals surface area contributed by atoms with Crippen LogP contribution in [-0.4, -0.2) is 41.4 Å². The molecular weight excluding hydrogens is 270 g/mol. The molecule has 1 aromatic rings. The summed E-state index contributed by atoms with van der Waals surface area (Å²) in [5.41, 5.74) is 7.71. The second-order valence-electron chi connectivity index (χ2n) is 4.90. The summed E-state index contributed by atoms with van der Waals surface area (Å²) in [6.07, 6.45) is -1.58. The lowest BCUT2D eigenvalue weighted by atomic mass is 10.1. The number of amides is 1. The predicted molar refractivity (Wildman–Crippen MR) is 71.2 cm³/mol. The van der Waals surface area contributed by atoms with Crippen LogP contribution in [0.15, 0.2) is 12.1 Å². The number of aliphatic hydroxyl groups excluding tert-OH is 2. The molecule has 2 aliphatic rings. The SMILES string of the molecule is NC1C(=O)Nc2cc(N3CC(O)C(O)C3)c(Cl)cc21. The van der Waals surface area contributed by atoms with Gasteiger partial charge in [-0.05, 0) is 12.1 Å². The summed E-state index contributed by atoms with van der Waals surface area (Å²) in [5, 5.41) is 22.3. The third kappa shape index (κ3) is 1.97. The van der Waals surface area contributed by atoms with Crippen molar-refractivity contribution >= 4 is 28.9 Å². The van der Waals surface area contributed by atoms with E-state index in [2.05, 4.69) is 5.32 Å². The summed E-state index contributed by atoms with van der Waals surface area (Å²) < 4.78 is 0. The number of carbonyl (C=O) groups is 1. The minimum atomic E-state index is -0.791. The fraction of sp³-hybridized carbons (Fsp3) is 0.417. The fourth-order valence-corrected chi connectivity index (χ4v) is 2.79. The molecule has 0 aliphatic carbocycles. The summed E-state index contributed by atoms with van der Waals surface area (Å²) in [5.74, 6) is -0.260. The molecule has 1 aromatic carbocycles. The van der Waals surface area contributed by atoms with Crippen LogP contribution in [-0.2, 0) is 4.79 Å². The molecule has 0 saturated carbocycles. The molecule has 0 aromatic heterocycles. The van der Waals surface area contributed by atoms with E-state index in [1.165, 1.54) is 0 Å². The third-order valence-electron chi connectivity index (χ3n) is 3.59. The zero-order chi connectivity index (χ0) is 13.7. The van der Waals surface area contributed by atoms with Gasteiger partial charge in [0.25, 0.3) is 0 Å². The first kappa shape index (κ1) is 12.7. The maximum Gasteiger partial charge on any atom is 0.245 e. The normalized spacial score (nSPS) is 29.6. The van der Waals surface area contributed by atoms with Gasteiger partial charge < -0.3 is 26.2 Å². The van der Waals surface area contributed by atoms with Crippen LogP contribution in [0.5, 0.6) is 0 Å². The molecule has 19 heavy (non-hydrogen) atoms. The lowest BCUT2D eigenvalue weighted by molar-refractivity contribution is -0.116. The molecule has 6 nitrogen and oxygen atoms in total. The average molecular weight is 284 g/mol. The number of hydrogen-bond donors (Lipinski definition) is 4. The number of halogens is 1. The van der Waals surface area contributed by atoms with E-state index < -0.39 is 18.2 Å². The van der Waals surface area contributed by atoms with E-state index in [0.717, 1.165) is 0 Å². The molecule has 1 fully saturated rings. The van der Waals surface area contributed by atoms with Gasteiger partial charge in [0.2, 0.25) is 5.91 Å². The molecule has 3 atom stereocenters. The van der Waals surface area contributed by atoms with Gasteiger partial charge in [-0.3, -0.25) is 4.79 Å². The van der Waals surface area contributed by atoms with Crippen molar-refractivity contribution in [1.82, 2.24) is 0 Å². The molecule has 3 unspecified atom stereocenters. The Kier molecular flexibility index (Phi) is 2.90. The number of hydrogen-bond acceptors (Lipinski definition) is 5. The highest BCUT2D eigenvalue weighted by Gasteiger charge is 2.33. The van der Waals surface area contributed by atoms with Crippen molar-refractivity contribution in [3.63, 3.8) is 0 Å². The van der Waals surface area contributed by atoms with Crippen LogP contribution in [0.4, 0.5) is 11.4 Å². The first-order valence-corrected chi connectivity index (χ1v) is 6.36. The zero-order valence-electron chi connectivity index (χ0n) is 10.0. The number of nitrogens with two attached hydrogens (primary N) is 1. The maximum absolute atomic E-state index is 11.5. The van der Waals surface area contributed by atoms with Gasteiger partial charge in [0, 0.05) is 24.3 Å². The van der Waals surface area contributed by atoms with Crippen LogP contribution in [0.3, 0.4) is 0 Å². The molecule has 0 spiro atoms. The van der Waals surface area contributed by atoms with Gasteiger partial charge in [0.1, 0.15) is 6.04 Å². The highest BCUT2D eigenvalue weighted by molar-refractivity contribution is 6.33. The lowest BCUT2D eigenvalue weighted by Crippen LogP contribution is -2.22. The standard InChI is InChI=1S/C12H14ClN3O3/c13-6-1-5-7(15-12(19)11(5)14)2-8(6)16-3-9(17)10(18)4-16/h1-2,9-11,17-18H,3-4,14H2,(H,15,19). The average Bonchev–Trinajstić information content (AvgIpc) is 2.82. The molecule has 1 amide bonds. The van der Waals surface area contributed by atoms with E-state index in [-0.39, 0.29) is 5.91 Å². The minimum Gasteiger partial charge on any atom is -0.389 e. The summed E-state index contributed by atoms with van der Waals surface area (Å²) in [6, 6.07) is 2.69. The molecule has 7 heteroatoms. The van der Waals surface area contributed by atoms with E-state index in [0.29, 0.717) is 35.1 Å². The second-order valence-corrected chi connectivity index (χ2v) is 5.30. The largest absolute Gasteiger partial charge is 0.389 e. The predicted octanol–water partition coefficient (Wildman–Crippen LogP) is -0.166. The molecule has 1 saturated heterocycles. The number of nitrogens with one attached hydrogen (secondary N) is 1. The van der Waals surface area contributed by atoms with Crippen molar-refractivity contribution in [2.24, 2.45) is 5.73 Å². The molecule has 2 aliphatic heterocycles. The Morgan fingerprint density at radius 1 is 1.32 bits per heavy atom. The first-order chi connectivity index (χ1) is 8.97. The van der Waals surface area contributed by atoms with Crippen molar-refractivity contribution in [2.75, 3.05) is 23.3 Å². The topological polar surface area (TPSA) is 98.8 Å². The molecule has 2 heterocycles. The number of anilines is 2. The van der Waals surface area contributed by atoms with E-state index in [1.54, 1.807) is 17.0 Å². The van der Waals surface area contributed by atoms with Gasteiger partial charge in [-0.15, -0.1) is 0 Å². The van der Waals surface area contributed by atoms with Crippen molar-refractivity contribution in [1.29, 1.82) is 0 Å². The Labute approximate surface area is 114 Å². The van der Waals surface area contributed by atoms with Crippen LogP contribution < -0.4 is 16.0 Å². The van der Waals surface area contributed by atoms with E-state index in [9.17, 15) is 15.0 Å². The smallest absolute Gasteiger partial charge is 0.245 e. The van der Waals surface area contributed by atoms with Crippen LogP contribution in [0, 0.1) is 0 Å². The molecular formula is C12H14ClN3O3. The highest BCUT2D eigenvalue weighted by atomic mass is 35.5. The third-order valence-corrected chi connectivity index (χ3v) is 3.90. The van der Waals surface area contributed by atoms with Gasteiger partial charge in [-0.2, -0.15) is 0 Å².